The zero-order valence-electron chi connectivity index (χ0n) is 17.7. The van der Waals surface area contributed by atoms with Crippen LogP contribution in [0.1, 0.15) is 47.4 Å². The van der Waals surface area contributed by atoms with Gasteiger partial charge in [-0.15, -0.1) is 0 Å². The number of rotatable bonds is 4. The fourth-order valence-corrected chi connectivity index (χ4v) is 6.24. The average molecular weight is 450 g/mol. The molecule has 2 aromatic carbocycles. The van der Waals surface area contributed by atoms with Crippen LogP contribution in [0, 0.1) is 5.82 Å². The molecule has 5 nitrogen and oxygen atoms in total. The lowest BCUT2D eigenvalue weighted by Crippen LogP contribution is -2.46. The molecular weight excluding hydrogens is 425 g/mol. The van der Waals surface area contributed by atoms with E-state index in [9.17, 15) is 4.39 Å². The largest absolute Gasteiger partial charge is 0.381 e. The zero-order chi connectivity index (χ0) is 21.9. The van der Waals surface area contributed by atoms with Gasteiger partial charge in [0.25, 0.3) is 0 Å². The highest BCUT2D eigenvalue weighted by molar-refractivity contribution is 6.30. The SMILES string of the molecule is Nc1nc(NC2CCN(CC34CC(c5ccccc53)c3ccc(Cl)cc34)CC2)ncc1F. The van der Waals surface area contributed by atoms with Crippen LogP contribution in [0.4, 0.5) is 16.2 Å². The van der Waals surface area contributed by atoms with Gasteiger partial charge in [0.15, 0.2) is 11.6 Å². The van der Waals surface area contributed by atoms with E-state index in [1.54, 1.807) is 0 Å². The number of likely N-dealkylation sites (tertiary alicyclic amines) is 1. The van der Waals surface area contributed by atoms with Gasteiger partial charge >= 0.3 is 0 Å². The van der Waals surface area contributed by atoms with Crippen LogP contribution >= 0.6 is 11.6 Å². The van der Waals surface area contributed by atoms with E-state index in [1.165, 1.54) is 22.3 Å². The van der Waals surface area contributed by atoms with Crippen molar-refractivity contribution in [2.24, 2.45) is 0 Å². The van der Waals surface area contributed by atoms with Crippen molar-refractivity contribution in [3.63, 3.8) is 0 Å². The van der Waals surface area contributed by atoms with E-state index < -0.39 is 5.82 Å². The molecule has 32 heavy (non-hydrogen) atoms. The molecule has 0 saturated carbocycles. The molecule has 0 amide bonds. The minimum absolute atomic E-state index is 0.0102. The summed E-state index contributed by atoms with van der Waals surface area (Å²) in [5.41, 5.74) is 11.4. The maximum atomic E-state index is 13.3. The highest BCUT2D eigenvalue weighted by Crippen LogP contribution is 2.60. The number of fused-ring (bicyclic) bond motifs is 8. The van der Waals surface area contributed by atoms with Crippen molar-refractivity contribution in [3.05, 3.63) is 81.8 Å². The lowest BCUT2D eigenvalue weighted by atomic mass is 9.74. The first-order valence-corrected chi connectivity index (χ1v) is 11.6. The number of hydrogen-bond acceptors (Lipinski definition) is 5. The first-order valence-electron chi connectivity index (χ1n) is 11.2. The second-order valence-corrected chi connectivity index (χ2v) is 9.72. The summed E-state index contributed by atoms with van der Waals surface area (Å²) in [6, 6.07) is 15.6. The smallest absolute Gasteiger partial charge is 0.225 e. The van der Waals surface area contributed by atoms with Crippen LogP contribution in [0.25, 0.3) is 0 Å². The fraction of sp³-hybridized carbons (Fsp3) is 0.360. The molecule has 1 saturated heterocycles. The molecular formula is C25H25ClFN5. The Labute approximate surface area is 191 Å². The molecule has 164 valence electrons. The van der Waals surface area contributed by atoms with Crippen molar-refractivity contribution in [3.8, 4) is 0 Å². The minimum Gasteiger partial charge on any atom is -0.381 e. The van der Waals surface area contributed by atoms with Crippen LogP contribution in [0.2, 0.25) is 5.02 Å². The maximum Gasteiger partial charge on any atom is 0.225 e. The number of aromatic nitrogens is 2. The first kappa shape index (κ1) is 19.9. The quantitative estimate of drug-likeness (QED) is 0.611. The summed E-state index contributed by atoms with van der Waals surface area (Å²) < 4.78 is 13.3. The van der Waals surface area contributed by atoms with Crippen LogP contribution in [0.15, 0.2) is 48.7 Å². The lowest BCUT2D eigenvalue weighted by molar-refractivity contribution is 0.186. The number of nitrogens with zero attached hydrogens (tertiary/aromatic N) is 3. The Balaban J connectivity index is 1.21. The minimum atomic E-state index is -0.586. The number of anilines is 2. The summed E-state index contributed by atoms with van der Waals surface area (Å²) in [4.78, 5) is 10.6. The number of nitrogen functional groups attached to an aromatic ring is 1. The lowest BCUT2D eigenvalue weighted by Gasteiger charge is -2.40. The van der Waals surface area contributed by atoms with Gasteiger partial charge in [-0.1, -0.05) is 41.9 Å². The van der Waals surface area contributed by atoms with Crippen LogP contribution in [-0.2, 0) is 5.41 Å². The monoisotopic (exact) mass is 449 g/mol. The Morgan fingerprint density at radius 2 is 1.91 bits per heavy atom. The van der Waals surface area contributed by atoms with Crippen molar-refractivity contribution in [1.29, 1.82) is 0 Å². The predicted molar refractivity (Wildman–Crippen MR) is 125 cm³/mol. The van der Waals surface area contributed by atoms with E-state index in [-0.39, 0.29) is 17.3 Å². The standard InChI is InChI=1S/C25H25ClFN5/c26-15-5-6-18-19-12-25(21(18)11-15,20-4-2-1-3-17(19)20)14-32-9-7-16(8-10-32)30-24-29-13-22(27)23(28)31-24/h1-6,11,13,16,19H,7-10,12,14H2,(H3,28,29,30,31). The molecule has 3 N–H and O–H groups in total. The third-order valence-corrected chi connectivity index (χ3v) is 7.73. The molecule has 0 radical (unpaired) electrons. The van der Waals surface area contributed by atoms with Crippen molar-refractivity contribution in [1.82, 2.24) is 14.9 Å². The van der Waals surface area contributed by atoms with Gasteiger partial charge in [-0.3, -0.25) is 0 Å². The van der Waals surface area contributed by atoms with E-state index in [4.69, 9.17) is 17.3 Å². The summed E-state index contributed by atoms with van der Waals surface area (Å²) in [6.45, 7) is 2.97. The molecule has 2 heterocycles. The molecule has 1 aliphatic heterocycles. The van der Waals surface area contributed by atoms with E-state index in [0.717, 1.165) is 50.1 Å². The van der Waals surface area contributed by atoms with Gasteiger partial charge in [-0.25, -0.2) is 9.37 Å². The van der Waals surface area contributed by atoms with Crippen molar-refractivity contribution < 1.29 is 4.39 Å². The Morgan fingerprint density at radius 3 is 2.72 bits per heavy atom. The summed E-state index contributed by atoms with van der Waals surface area (Å²) >= 11 is 6.44. The molecule has 2 bridgehead atoms. The summed E-state index contributed by atoms with van der Waals surface area (Å²) in [6.07, 6.45) is 4.20. The van der Waals surface area contributed by atoms with Gasteiger partial charge in [0, 0.05) is 42.0 Å². The Hall–Kier alpha value is -2.70. The molecule has 3 aliphatic rings. The molecule has 6 rings (SSSR count). The average Bonchev–Trinajstić information content (AvgIpc) is 3.29. The highest BCUT2D eigenvalue weighted by atomic mass is 35.5. The molecule has 7 heteroatoms. The Kier molecular flexibility index (Phi) is 4.63. The van der Waals surface area contributed by atoms with Gasteiger partial charge < -0.3 is 16.0 Å². The molecule has 2 atom stereocenters. The second-order valence-electron chi connectivity index (χ2n) is 9.28. The zero-order valence-corrected chi connectivity index (χ0v) is 18.4. The molecule has 2 unspecified atom stereocenters. The first-order chi connectivity index (χ1) is 15.5. The van der Waals surface area contributed by atoms with Crippen molar-refractivity contribution in [2.45, 2.75) is 36.6 Å². The summed E-state index contributed by atoms with van der Waals surface area (Å²) in [7, 11) is 0. The van der Waals surface area contributed by atoms with Crippen LogP contribution < -0.4 is 11.1 Å². The molecule has 1 fully saturated rings. The van der Waals surface area contributed by atoms with Gasteiger partial charge in [0.2, 0.25) is 5.95 Å². The number of nitrogens with two attached hydrogens (primary N) is 1. The predicted octanol–water partition coefficient (Wildman–Crippen LogP) is 4.56. The normalized spacial score (nSPS) is 24.4. The number of halogens is 2. The Bertz CT molecular complexity index is 1190. The maximum absolute atomic E-state index is 13.3. The van der Waals surface area contributed by atoms with Crippen molar-refractivity contribution >= 4 is 23.4 Å². The van der Waals surface area contributed by atoms with Gasteiger partial charge in [-0.2, -0.15) is 4.98 Å². The molecule has 2 aliphatic carbocycles. The summed E-state index contributed by atoms with van der Waals surface area (Å²) in [5, 5.41) is 4.14. The van der Waals surface area contributed by atoms with Crippen molar-refractivity contribution in [2.75, 3.05) is 30.7 Å². The molecule has 3 aromatic rings. The number of benzene rings is 2. The van der Waals surface area contributed by atoms with Crippen LogP contribution in [-0.4, -0.2) is 40.5 Å². The van der Waals surface area contributed by atoms with Gasteiger partial charge in [-0.05, 0) is 53.6 Å². The molecule has 0 spiro atoms. The Morgan fingerprint density at radius 1 is 1.12 bits per heavy atom. The third-order valence-electron chi connectivity index (χ3n) is 7.50. The number of nitrogens with one attached hydrogen (secondary N) is 1. The molecule has 1 aromatic heterocycles. The fourth-order valence-electron chi connectivity index (χ4n) is 6.07. The van der Waals surface area contributed by atoms with Crippen LogP contribution in [0.3, 0.4) is 0 Å². The van der Waals surface area contributed by atoms with Crippen LogP contribution in [0.5, 0.6) is 0 Å². The third kappa shape index (κ3) is 3.08. The van der Waals surface area contributed by atoms with E-state index in [0.29, 0.717) is 11.9 Å². The number of piperidine rings is 1. The highest BCUT2D eigenvalue weighted by Gasteiger charge is 2.53. The second kappa shape index (κ2) is 7.42. The van der Waals surface area contributed by atoms with Gasteiger partial charge in [0.1, 0.15) is 0 Å². The topological polar surface area (TPSA) is 67.1 Å². The van der Waals surface area contributed by atoms with E-state index in [1.807, 2.05) is 6.07 Å². The number of hydrogen-bond donors (Lipinski definition) is 2. The summed E-state index contributed by atoms with van der Waals surface area (Å²) in [5.74, 6) is 0.162. The van der Waals surface area contributed by atoms with E-state index >= 15 is 0 Å². The van der Waals surface area contributed by atoms with E-state index in [2.05, 4.69) is 56.6 Å². The van der Waals surface area contributed by atoms with Gasteiger partial charge in [0.05, 0.1) is 6.20 Å².